The molecule has 0 amide bonds. The van der Waals surface area contributed by atoms with Gasteiger partial charge in [-0.15, -0.1) is 0 Å². The van der Waals surface area contributed by atoms with Gasteiger partial charge in [0.15, 0.2) is 0 Å². The molecule has 0 unspecified atom stereocenters. The lowest BCUT2D eigenvalue weighted by Gasteiger charge is -2.73. The molecule has 0 aromatic rings. The van der Waals surface area contributed by atoms with Crippen molar-refractivity contribution >= 4 is 5.78 Å². The molecule has 2 nitrogen and oxygen atoms in total. The molecule has 5 aliphatic carbocycles. The Hall–Kier alpha value is -0.790. The Bertz CT molecular complexity index is 591. The average Bonchev–Trinajstić information content (AvgIpc) is 2.79. The number of hydrogen-bond acceptors (Lipinski definition) is 2. The smallest absolute Gasteiger partial charge is 0.147 e. The van der Waals surface area contributed by atoms with Crippen molar-refractivity contribution in [1.82, 2.24) is 0 Å². The Morgan fingerprint density at radius 2 is 1.95 bits per heavy atom. The molecule has 1 aliphatic heterocycles. The molecule has 5 fully saturated rings. The molecule has 0 radical (unpaired) electrons. The summed E-state index contributed by atoms with van der Waals surface area (Å²) in [4.78, 5) is 12.9. The summed E-state index contributed by atoms with van der Waals surface area (Å²) in [6.45, 7) is 7.46. The third-order valence-electron chi connectivity index (χ3n) is 8.76. The summed E-state index contributed by atoms with van der Waals surface area (Å²) in [5.74, 6) is 1.81. The molecule has 2 spiro atoms. The van der Waals surface area contributed by atoms with Gasteiger partial charge in [-0.3, -0.25) is 4.79 Å². The molecule has 6 aliphatic rings. The number of carbonyl (C=O) groups excluding carboxylic acids is 1. The highest BCUT2D eigenvalue weighted by Crippen LogP contribution is 2.77. The lowest BCUT2D eigenvalue weighted by molar-refractivity contribution is -0.264. The van der Waals surface area contributed by atoms with Crippen LogP contribution in [-0.4, -0.2) is 11.9 Å². The van der Waals surface area contributed by atoms with Gasteiger partial charge in [0.05, 0.1) is 11.7 Å². The van der Waals surface area contributed by atoms with Gasteiger partial charge >= 0.3 is 0 Å². The Morgan fingerprint density at radius 1 is 1.14 bits per heavy atom. The fourth-order valence-electron chi connectivity index (χ4n) is 7.98. The second-order valence-electron chi connectivity index (χ2n) is 9.89. The molecule has 0 saturated heterocycles. The van der Waals surface area contributed by atoms with Crippen molar-refractivity contribution in [3.63, 3.8) is 0 Å². The first-order valence-corrected chi connectivity index (χ1v) is 9.22. The fourth-order valence-corrected chi connectivity index (χ4v) is 7.98. The van der Waals surface area contributed by atoms with E-state index in [0.717, 1.165) is 18.8 Å². The molecule has 0 aromatic carbocycles. The van der Waals surface area contributed by atoms with E-state index in [-0.39, 0.29) is 11.5 Å². The second-order valence-corrected chi connectivity index (χ2v) is 9.89. The van der Waals surface area contributed by atoms with E-state index in [1.54, 1.807) is 0 Å². The summed E-state index contributed by atoms with van der Waals surface area (Å²) in [7, 11) is 0. The van der Waals surface area contributed by atoms with Crippen LogP contribution in [0.15, 0.2) is 12.3 Å². The van der Waals surface area contributed by atoms with Crippen LogP contribution in [0.1, 0.15) is 65.7 Å². The van der Waals surface area contributed by atoms with E-state index in [9.17, 15) is 4.79 Å². The third kappa shape index (κ3) is 1.22. The standard InChI is InChI=1S/C20H28O2/c1-17(2)6-4-7-18(3)13(17)5-8-19-12-20(9-10-22-16(19)20)15(21)11-14(18)19/h9-10,13-14,16H,4-8,11-12H2,1-3H3/t13-,14+,16-,18-,19-,20+/m0/s1. The van der Waals surface area contributed by atoms with E-state index < -0.39 is 0 Å². The van der Waals surface area contributed by atoms with Gasteiger partial charge in [0.1, 0.15) is 11.9 Å². The van der Waals surface area contributed by atoms with E-state index in [1.165, 1.54) is 32.1 Å². The van der Waals surface area contributed by atoms with E-state index >= 15 is 0 Å². The number of fused-ring (bicyclic) bond motifs is 2. The largest absolute Gasteiger partial charge is 0.496 e. The van der Waals surface area contributed by atoms with Crippen LogP contribution < -0.4 is 0 Å². The van der Waals surface area contributed by atoms with Crippen molar-refractivity contribution in [2.45, 2.75) is 71.8 Å². The molecule has 6 rings (SSSR count). The summed E-state index contributed by atoms with van der Waals surface area (Å²) >= 11 is 0. The van der Waals surface area contributed by atoms with Gasteiger partial charge in [-0.1, -0.05) is 27.2 Å². The lowest BCUT2D eigenvalue weighted by Crippen LogP contribution is -2.74. The summed E-state index contributed by atoms with van der Waals surface area (Å²) < 4.78 is 6.02. The van der Waals surface area contributed by atoms with Crippen LogP contribution in [0, 0.1) is 33.5 Å². The number of rotatable bonds is 0. The highest BCUT2D eigenvalue weighted by Gasteiger charge is 2.78. The minimum Gasteiger partial charge on any atom is -0.496 e. The van der Waals surface area contributed by atoms with Gasteiger partial charge in [0.2, 0.25) is 0 Å². The fraction of sp³-hybridized carbons (Fsp3) is 0.850. The maximum Gasteiger partial charge on any atom is 0.147 e. The molecular weight excluding hydrogens is 272 g/mol. The number of ether oxygens (including phenoxy) is 1. The van der Waals surface area contributed by atoms with Crippen molar-refractivity contribution in [3.8, 4) is 0 Å². The zero-order valence-electron chi connectivity index (χ0n) is 14.2. The Balaban J connectivity index is 1.60. The van der Waals surface area contributed by atoms with Crippen LogP contribution in [-0.2, 0) is 9.53 Å². The predicted octanol–water partition coefficient (Wildman–Crippen LogP) is 4.49. The van der Waals surface area contributed by atoms with Crippen LogP contribution in [0.2, 0.25) is 0 Å². The van der Waals surface area contributed by atoms with Crippen molar-refractivity contribution in [2.24, 2.45) is 33.5 Å². The zero-order valence-corrected chi connectivity index (χ0v) is 14.2. The van der Waals surface area contributed by atoms with Crippen LogP contribution in [0.3, 0.4) is 0 Å². The molecular formula is C20H28O2. The Kier molecular flexibility index (Phi) is 2.26. The number of ketones is 1. The molecule has 2 bridgehead atoms. The van der Waals surface area contributed by atoms with E-state index in [2.05, 4.69) is 26.8 Å². The molecule has 5 saturated carbocycles. The minimum absolute atomic E-state index is 0.175. The van der Waals surface area contributed by atoms with Crippen LogP contribution in [0.4, 0.5) is 0 Å². The van der Waals surface area contributed by atoms with Crippen molar-refractivity contribution < 1.29 is 9.53 Å². The van der Waals surface area contributed by atoms with Gasteiger partial charge < -0.3 is 4.74 Å². The summed E-state index contributed by atoms with van der Waals surface area (Å²) in [6.07, 6.45) is 12.6. The van der Waals surface area contributed by atoms with Gasteiger partial charge in [-0.2, -0.15) is 0 Å². The maximum absolute atomic E-state index is 12.9. The number of carbonyl (C=O) groups is 1. The molecule has 0 aromatic heterocycles. The topological polar surface area (TPSA) is 26.3 Å². The number of Topliss-reactive ketones (excluding diaryl/α,β-unsaturated/α-hetero) is 1. The van der Waals surface area contributed by atoms with Crippen LogP contribution in [0.5, 0.6) is 0 Å². The second kappa shape index (κ2) is 3.65. The summed E-state index contributed by atoms with van der Waals surface area (Å²) in [6, 6.07) is 0. The van der Waals surface area contributed by atoms with Gasteiger partial charge in [-0.05, 0) is 60.8 Å². The minimum atomic E-state index is -0.218. The number of hydrogen-bond donors (Lipinski definition) is 0. The summed E-state index contributed by atoms with van der Waals surface area (Å²) in [5.41, 5.74) is 0.860. The Morgan fingerprint density at radius 3 is 2.77 bits per heavy atom. The van der Waals surface area contributed by atoms with E-state index in [4.69, 9.17) is 4.74 Å². The molecule has 120 valence electrons. The normalized spacial score (nSPS) is 57.2. The maximum atomic E-state index is 12.9. The average molecular weight is 300 g/mol. The molecule has 2 heteroatoms. The quantitative estimate of drug-likeness (QED) is 0.659. The first-order valence-electron chi connectivity index (χ1n) is 9.22. The van der Waals surface area contributed by atoms with Crippen molar-refractivity contribution in [2.75, 3.05) is 0 Å². The van der Waals surface area contributed by atoms with E-state index in [1.807, 2.05) is 6.26 Å². The van der Waals surface area contributed by atoms with Gasteiger partial charge in [0.25, 0.3) is 0 Å². The predicted molar refractivity (Wildman–Crippen MR) is 85.1 cm³/mol. The monoisotopic (exact) mass is 300 g/mol. The summed E-state index contributed by atoms with van der Waals surface area (Å²) in [5, 5.41) is 0. The third-order valence-corrected chi connectivity index (χ3v) is 8.76. The van der Waals surface area contributed by atoms with E-state index in [0.29, 0.717) is 27.9 Å². The molecule has 0 N–H and O–H groups in total. The molecule has 6 atom stereocenters. The molecule has 1 heterocycles. The lowest BCUT2D eigenvalue weighted by atomic mass is 9.30. The van der Waals surface area contributed by atoms with Crippen molar-refractivity contribution in [3.05, 3.63) is 12.3 Å². The first-order chi connectivity index (χ1) is 10.4. The zero-order chi connectivity index (χ0) is 15.4. The first kappa shape index (κ1) is 13.6. The highest BCUT2D eigenvalue weighted by atomic mass is 16.5. The van der Waals surface area contributed by atoms with Gasteiger partial charge in [-0.25, -0.2) is 0 Å². The SMILES string of the molecule is CC1(C)CCC[C@]2(C)[C@H]3CC(=O)[C@]45C=CO[C@H]4[C@@]3(CC[C@@H]12)C5. The van der Waals surface area contributed by atoms with Gasteiger partial charge in [0, 0.05) is 11.8 Å². The Labute approximate surface area is 133 Å². The van der Waals surface area contributed by atoms with Crippen molar-refractivity contribution in [1.29, 1.82) is 0 Å². The molecule has 22 heavy (non-hydrogen) atoms. The van der Waals surface area contributed by atoms with Crippen LogP contribution in [0.25, 0.3) is 0 Å². The van der Waals surface area contributed by atoms with Crippen LogP contribution >= 0.6 is 0 Å². The highest BCUT2D eigenvalue weighted by molar-refractivity contribution is 5.92.